The Hall–Kier alpha value is -2.71. The van der Waals surface area contributed by atoms with Gasteiger partial charge in [0.2, 0.25) is 0 Å². The molecule has 0 saturated heterocycles. The molecule has 9 heteroatoms. The fraction of sp³-hybridized carbons (Fsp3) is 0.412. The van der Waals surface area contributed by atoms with Crippen molar-refractivity contribution in [2.45, 2.75) is 32.5 Å². The second kappa shape index (κ2) is 6.89. The van der Waals surface area contributed by atoms with Gasteiger partial charge in [-0.2, -0.15) is 13.2 Å². The van der Waals surface area contributed by atoms with Crippen molar-refractivity contribution in [1.82, 2.24) is 4.90 Å². The zero-order chi connectivity index (χ0) is 19.7. The van der Waals surface area contributed by atoms with Crippen LogP contribution in [0.3, 0.4) is 0 Å². The first-order valence-corrected chi connectivity index (χ1v) is 7.64. The summed E-state index contributed by atoms with van der Waals surface area (Å²) < 4.78 is 43.3. The fourth-order valence-electron chi connectivity index (χ4n) is 2.76. The van der Waals surface area contributed by atoms with Crippen LogP contribution in [0.5, 0.6) is 0 Å². The molecule has 0 unspecified atom stereocenters. The number of amides is 2. The summed E-state index contributed by atoms with van der Waals surface area (Å²) in [5, 5.41) is 0. The standard InChI is InChI=1S/C17H16F3NO5/c1-10(23)26-13(7-17(18,19)20)16(2,9-22)8-21-14(24)11-5-3-4-6-12(11)15(21)25/h3-6,9,13H,7-8H2,1-2H3/t13-,16+/m1/s1. The summed E-state index contributed by atoms with van der Waals surface area (Å²) in [6.07, 6.45) is -7.99. The Morgan fingerprint density at radius 3 is 2.08 bits per heavy atom. The Kier molecular flexibility index (Phi) is 5.20. The van der Waals surface area contributed by atoms with Gasteiger partial charge in [0.15, 0.2) is 0 Å². The van der Waals surface area contributed by atoms with Crippen molar-refractivity contribution in [2.75, 3.05) is 6.54 Å². The van der Waals surface area contributed by atoms with Crippen LogP contribution in [0, 0.1) is 5.41 Å². The molecule has 2 amide bonds. The molecule has 0 radical (unpaired) electrons. The van der Waals surface area contributed by atoms with E-state index in [2.05, 4.69) is 0 Å². The highest BCUT2D eigenvalue weighted by molar-refractivity contribution is 6.21. The monoisotopic (exact) mass is 371 g/mol. The number of rotatable bonds is 6. The largest absolute Gasteiger partial charge is 0.461 e. The SMILES string of the molecule is CC(=O)O[C@H](CC(F)(F)F)[C@](C)(C=O)CN1C(=O)c2ccccc2C1=O. The number of fused-ring (bicyclic) bond motifs is 1. The summed E-state index contributed by atoms with van der Waals surface area (Å²) in [6.45, 7) is 1.39. The molecule has 0 saturated carbocycles. The number of imide groups is 1. The maximum absolute atomic E-state index is 12.9. The molecule has 6 nitrogen and oxygen atoms in total. The molecule has 26 heavy (non-hydrogen) atoms. The van der Waals surface area contributed by atoms with E-state index in [1.54, 1.807) is 0 Å². The van der Waals surface area contributed by atoms with Gasteiger partial charge in [0, 0.05) is 13.5 Å². The number of halogens is 3. The summed E-state index contributed by atoms with van der Waals surface area (Å²) >= 11 is 0. The fourth-order valence-corrected chi connectivity index (χ4v) is 2.76. The first-order valence-electron chi connectivity index (χ1n) is 7.64. The number of carbonyl (C=O) groups excluding carboxylic acids is 4. The van der Waals surface area contributed by atoms with Crippen LogP contribution in [-0.4, -0.2) is 47.8 Å². The van der Waals surface area contributed by atoms with Gasteiger partial charge in [0.05, 0.1) is 23.0 Å². The number of alkyl halides is 3. The third-order valence-corrected chi connectivity index (χ3v) is 4.11. The van der Waals surface area contributed by atoms with Gasteiger partial charge in [0.25, 0.3) is 11.8 Å². The number of benzene rings is 1. The van der Waals surface area contributed by atoms with E-state index in [9.17, 15) is 32.3 Å². The summed E-state index contributed by atoms with van der Waals surface area (Å²) in [5.74, 6) is -2.44. The van der Waals surface area contributed by atoms with Crippen LogP contribution in [0.25, 0.3) is 0 Å². The third-order valence-electron chi connectivity index (χ3n) is 4.11. The molecule has 0 aromatic heterocycles. The number of aldehydes is 1. The second-order valence-electron chi connectivity index (χ2n) is 6.28. The van der Waals surface area contributed by atoms with Crippen LogP contribution in [0.1, 0.15) is 41.0 Å². The van der Waals surface area contributed by atoms with Gasteiger partial charge in [-0.1, -0.05) is 12.1 Å². The van der Waals surface area contributed by atoms with E-state index in [-0.39, 0.29) is 17.4 Å². The molecule has 140 valence electrons. The van der Waals surface area contributed by atoms with Crippen LogP contribution in [0.2, 0.25) is 0 Å². The van der Waals surface area contributed by atoms with E-state index >= 15 is 0 Å². The van der Waals surface area contributed by atoms with Gasteiger partial charge in [-0.3, -0.25) is 19.3 Å². The van der Waals surface area contributed by atoms with Crippen molar-refractivity contribution >= 4 is 24.1 Å². The Morgan fingerprint density at radius 2 is 1.69 bits per heavy atom. The molecule has 1 aliphatic heterocycles. The number of hydrogen-bond acceptors (Lipinski definition) is 5. The van der Waals surface area contributed by atoms with Gasteiger partial charge in [0.1, 0.15) is 12.4 Å². The minimum absolute atomic E-state index is 0.102. The highest BCUT2D eigenvalue weighted by Crippen LogP contribution is 2.35. The molecule has 0 N–H and O–H groups in total. The topological polar surface area (TPSA) is 80.8 Å². The molecule has 0 bridgehead atoms. The van der Waals surface area contributed by atoms with E-state index in [4.69, 9.17) is 4.74 Å². The van der Waals surface area contributed by atoms with Crippen LogP contribution in [0.15, 0.2) is 24.3 Å². The molecule has 0 fully saturated rings. The lowest BCUT2D eigenvalue weighted by atomic mass is 9.83. The van der Waals surface area contributed by atoms with Crippen molar-refractivity contribution in [3.05, 3.63) is 35.4 Å². The van der Waals surface area contributed by atoms with Crippen molar-refractivity contribution in [3.63, 3.8) is 0 Å². The second-order valence-corrected chi connectivity index (χ2v) is 6.28. The Labute approximate surface area is 146 Å². The summed E-state index contributed by atoms with van der Waals surface area (Å²) in [4.78, 5) is 48.3. The molecule has 2 atom stereocenters. The number of carbonyl (C=O) groups is 4. The van der Waals surface area contributed by atoms with E-state index in [0.717, 1.165) is 13.8 Å². The molecule has 0 spiro atoms. The van der Waals surface area contributed by atoms with Gasteiger partial charge >= 0.3 is 12.1 Å². The van der Waals surface area contributed by atoms with Gasteiger partial charge in [-0.05, 0) is 19.1 Å². The average molecular weight is 371 g/mol. The van der Waals surface area contributed by atoms with E-state index in [0.29, 0.717) is 4.90 Å². The minimum Gasteiger partial charge on any atom is -0.461 e. The van der Waals surface area contributed by atoms with Crippen molar-refractivity contribution in [1.29, 1.82) is 0 Å². The minimum atomic E-state index is -4.72. The molecule has 0 aliphatic carbocycles. The number of hydrogen-bond donors (Lipinski definition) is 0. The molecular weight excluding hydrogens is 355 g/mol. The van der Waals surface area contributed by atoms with Crippen LogP contribution >= 0.6 is 0 Å². The molecule has 2 rings (SSSR count). The van der Waals surface area contributed by atoms with E-state index < -0.39 is 48.4 Å². The number of nitrogens with zero attached hydrogens (tertiary/aromatic N) is 1. The summed E-state index contributed by atoms with van der Waals surface area (Å²) in [5.41, 5.74) is -1.72. The van der Waals surface area contributed by atoms with Gasteiger partial charge < -0.3 is 9.53 Å². The van der Waals surface area contributed by atoms with E-state index in [1.165, 1.54) is 24.3 Å². The predicted octanol–water partition coefficient (Wildman–Crippen LogP) is 2.37. The molecular formula is C17H16F3NO5. The zero-order valence-corrected chi connectivity index (χ0v) is 14.0. The number of esters is 1. The average Bonchev–Trinajstić information content (AvgIpc) is 2.78. The summed E-state index contributed by atoms with van der Waals surface area (Å²) in [7, 11) is 0. The lowest BCUT2D eigenvalue weighted by molar-refractivity contribution is -0.184. The predicted molar refractivity (Wildman–Crippen MR) is 82.2 cm³/mol. The van der Waals surface area contributed by atoms with Crippen LogP contribution in [0.4, 0.5) is 13.2 Å². The molecule has 1 aromatic rings. The normalized spacial score (nSPS) is 17.5. The first kappa shape index (κ1) is 19.6. The Morgan fingerprint density at radius 1 is 1.19 bits per heavy atom. The highest BCUT2D eigenvalue weighted by atomic mass is 19.4. The Balaban J connectivity index is 2.33. The zero-order valence-electron chi connectivity index (χ0n) is 14.0. The quantitative estimate of drug-likeness (QED) is 0.436. The molecule has 1 aliphatic rings. The lowest BCUT2D eigenvalue weighted by Gasteiger charge is -2.35. The smallest absolute Gasteiger partial charge is 0.392 e. The maximum Gasteiger partial charge on any atom is 0.392 e. The van der Waals surface area contributed by atoms with Crippen LogP contribution in [-0.2, 0) is 14.3 Å². The molecule has 1 aromatic carbocycles. The summed E-state index contributed by atoms with van der Waals surface area (Å²) in [6, 6.07) is 5.90. The van der Waals surface area contributed by atoms with Crippen molar-refractivity contribution in [2.24, 2.45) is 5.41 Å². The van der Waals surface area contributed by atoms with Gasteiger partial charge in [-0.15, -0.1) is 0 Å². The van der Waals surface area contributed by atoms with E-state index in [1.807, 2.05) is 0 Å². The van der Waals surface area contributed by atoms with Crippen molar-refractivity contribution < 1.29 is 37.1 Å². The first-order chi connectivity index (χ1) is 12.0. The Bertz CT molecular complexity index is 726. The third kappa shape index (κ3) is 3.92. The van der Waals surface area contributed by atoms with Gasteiger partial charge in [-0.25, -0.2) is 0 Å². The van der Waals surface area contributed by atoms with Crippen LogP contribution < -0.4 is 0 Å². The number of ether oxygens (including phenoxy) is 1. The highest BCUT2D eigenvalue weighted by Gasteiger charge is 2.48. The van der Waals surface area contributed by atoms with Crippen molar-refractivity contribution in [3.8, 4) is 0 Å². The molecule has 1 heterocycles. The lowest BCUT2D eigenvalue weighted by Crippen LogP contribution is -2.49. The maximum atomic E-state index is 12.9.